The van der Waals surface area contributed by atoms with Crippen molar-refractivity contribution in [1.29, 1.82) is 0 Å². The number of aryl methyl sites for hydroxylation is 1. The quantitative estimate of drug-likeness (QED) is 0.295. The van der Waals surface area contributed by atoms with Crippen LogP contribution in [0.3, 0.4) is 0 Å². The summed E-state index contributed by atoms with van der Waals surface area (Å²) in [5, 5.41) is 18.0. The van der Waals surface area contributed by atoms with Crippen molar-refractivity contribution in [2.45, 2.75) is 26.2 Å². The number of amidine groups is 1. The number of hydrogen-bond acceptors (Lipinski definition) is 7. The van der Waals surface area contributed by atoms with E-state index in [4.69, 9.17) is 15.1 Å². The van der Waals surface area contributed by atoms with Crippen molar-refractivity contribution in [1.82, 2.24) is 5.16 Å². The molecular formula is C16H16N4O5. The lowest BCUT2D eigenvalue weighted by Gasteiger charge is -2.15. The molecule has 9 heteroatoms. The standard InChI is InChI=1S/C16H16N4O5/c1-9-2-7-13-12(8-9)14(18-24-13)16(21)25-19-15(17)10-3-5-11(6-4-10)20(22)23/h3-6,9H,2,7-8H2,1H3,(H2,17,19). The first-order valence-corrected chi connectivity index (χ1v) is 7.72. The molecule has 1 aliphatic carbocycles. The van der Waals surface area contributed by atoms with Crippen molar-refractivity contribution in [3.05, 3.63) is 57.0 Å². The second-order valence-electron chi connectivity index (χ2n) is 5.94. The summed E-state index contributed by atoms with van der Waals surface area (Å²) in [4.78, 5) is 27.1. The predicted molar refractivity (Wildman–Crippen MR) is 86.9 cm³/mol. The molecule has 25 heavy (non-hydrogen) atoms. The number of aromatic nitrogens is 1. The minimum absolute atomic E-state index is 0.0723. The number of carbonyl (C=O) groups is 1. The van der Waals surface area contributed by atoms with Gasteiger partial charge in [-0.2, -0.15) is 0 Å². The van der Waals surface area contributed by atoms with Gasteiger partial charge < -0.3 is 15.1 Å². The van der Waals surface area contributed by atoms with Gasteiger partial charge in [0.2, 0.25) is 0 Å². The monoisotopic (exact) mass is 344 g/mol. The Morgan fingerprint density at radius 2 is 2.16 bits per heavy atom. The van der Waals surface area contributed by atoms with Gasteiger partial charge in [0.15, 0.2) is 11.5 Å². The van der Waals surface area contributed by atoms with Gasteiger partial charge in [-0.1, -0.05) is 17.2 Å². The van der Waals surface area contributed by atoms with Gasteiger partial charge in [-0.3, -0.25) is 10.1 Å². The van der Waals surface area contributed by atoms with E-state index in [1.165, 1.54) is 24.3 Å². The minimum atomic E-state index is -0.746. The third-order valence-corrected chi connectivity index (χ3v) is 4.08. The Kier molecular flexibility index (Phi) is 4.46. The summed E-state index contributed by atoms with van der Waals surface area (Å²) < 4.78 is 5.19. The van der Waals surface area contributed by atoms with Crippen molar-refractivity contribution in [3.8, 4) is 0 Å². The van der Waals surface area contributed by atoms with E-state index in [0.717, 1.165) is 18.4 Å². The number of non-ortho nitro benzene ring substituents is 1. The molecule has 0 bridgehead atoms. The third-order valence-electron chi connectivity index (χ3n) is 4.08. The lowest BCUT2D eigenvalue weighted by molar-refractivity contribution is -0.384. The largest absolute Gasteiger partial charge is 0.387 e. The first kappa shape index (κ1) is 16.6. The second-order valence-corrected chi connectivity index (χ2v) is 5.94. The Labute approximate surface area is 142 Å². The Hall–Kier alpha value is -3.23. The maximum absolute atomic E-state index is 12.2. The number of nitro benzene ring substituents is 1. The average Bonchev–Trinajstić information content (AvgIpc) is 3.02. The summed E-state index contributed by atoms with van der Waals surface area (Å²) in [7, 11) is 0. The highest BCUT2D eigenvalue weighted by Gasteiger charge is 2.28. The van der Waals surface area contributed by atoms with Crippen molar-refractivity contribution in [3.63, 3.8) is 0 Å². The van der Waals surface area contributed by atoms with Crippen molar-refractivity contribution in [2.24, 2.45) is 16.8 Å². The van der Waals surface area contributed by atoms with Crippen LogP contribution in [0.2, 0.25) is 0 Å². The summed E-state index contributed by atoms with van der Waals surface area (Å²) in [5.74, 6) is 0.322. The van der Waals surface area contributed by atoms with Gasteiger partial charge in [-0.05, 0) is 30.9 Å². The van der Waals surface area contributed by atoms with E-state index in [2.05, 4.69) is 17.2 Å². The fourth-order valence-electron chi connectivity index (χ4n) is 2.68. The van der Waals surface area contributed by atoms with E-state index in [1.54, 1.807) is 0 Å². The fraction of sp³-hybridized carbons (Fsp3) is 0.312. The van der Waals surface area contributed by atoms with Crippen LogP contribution in [0.4, 0.5) is 5.69 Å². The van der Waals surface area contributed by atoms with Crippen molar-refractivity contribution < 1.29 is 19.1 Å². The van der Waals surface area contributed by atoms with Crippen LogP contribution < -0.4 is 5.73 Å². The molecule has 0 saturated carbocycles. The van der Waals surface area contributed by atoms with Crippen LogP contribution in [0, 0.1) is 16.0 Å². The number of rotatable bonds is 4. The molecule has 3 rings (SSSR count). The summed E-state index contributed by atoms with van der Waals surface area (Å²) in [6.45, 7) is 2.09. The molecule has 1 aromatic heterocycles. The highest BCUT2D eigenvalue weighted by molar-refractivity contribution is 5.98. The molecule has 1 atom stereocenters. The summed E-state index contributed by atoms with van der Waals surface area (Å²) in [6.07, 6.45) is 2.43. The molecule has 9 nitrogen and oxygen atoms in total. The smallest absolute Gasteiger partial charge is 0.380 e. The lowest BCUT2D eigenvalue weighted by atomic mass is 9.88. The molecule has 0 fully saturated rings. The van der Waals surface area contributed by atoms with Crippen LogP contribution in [-0.2, 0) is 17.7 Å². The molecule has 0 amide bonds. The summed E-state index contributed by atoms with van der Waals surface area (Å²) >= 11 is 0. The number of nitrogens with zero attached hydrogens (tertiary/aromatic N) is 3. The van der Waals surface area contributed by atoms with Crippen molar-refractivity contribution >= 4 is 17.5 Å². The van der Waals surface area contributed by atoms with Crippen LogP contribution in [0.25, 0.3) is 0 Å². The first-order valence-electron chi connectivity index (χ1n) is 7.72. The van der Waals surface area contributed by atoms with Gasteiger partial charge in [0, 0.05) is 29.7 Å². The number of oxime groups is 1. The number of hydrogen-bond donors (Lipinski definition) is 1. The molecule has 1 aliphatic rings. The molecule has 2 aromatic rings. The van der Waals surface area contributed by atoms with Crippen LogP contribution >= 0.6 is 0 Å². The summed E-state index contributed by atoms with van der Waals surface area (Å²) in [5.41, 5.74) is 6.94. The zero-order valence-electron chi connectivity index (χ0n) is 13.5. The van der Waals surface area contributed by atoms with Gasteiger partial charge in [0.25, 0.3) is 5.69 Å². The number of fused-ring (bicyclic) bond motifs is 1. The van der Waals surface area contributed by atoms with Crippen LogP contribution in [0.15, 0.2) is 33.9 Å². The van der Waals surface area contributed by atoms with Crippen molar-refractivity contribution in [2.75, 3.05) is 0 Å². The molecule has 1 heterocycles. The van der Waals surface area contributed by atoms with Crippen LogP contribution in [0.1, 0.15) is 40.7 Å². The van der Waals surface area contributed by atoms with Gasteiger partial charge >= 0.3 is 5.97 Å². The molecule has 1 unspecified atom stereocenters. The molecular weight excluding hydrogens is 328 g/mol. The maximum Gasteiger partial charge on any atom is 0.387 e. The topological polar surface area (TPSA) is 134 Å². The van der Waals surface area contributed by atoms with E-state index < -0.39 is 10.9 Å². The third kappa shape index (κ3) is 3.49. The number of benzene rings is 1. The molecule has 0 spiro atoms. The highest BCUT2D eigenvalue weighted by atomic mass is 16.7. The van der Waals surface area contributed by atoms with E-state index in [0.29, 0.717) is 23.7 Å². The fourth-order valence-corrected chi connectivity index (χ4v) is 2.68. The Morgan fingerprint density at radius 1 is 1.44 bits per heavy atom. The Morgan fingerprint density at radius 3 is 2.84 bits per heavy atom. The van der Waals surface area contributed by atoms with Gasteiger partial charge in [-0.15, -0.1) is 0 Å². The Balaban J connectivity index is 1.72. The van der Waals surface area contributed by atoms with E-state index >= 15 is 0 Å². The Bertz CT molecular complexity index is 841. The van der Waals surface area contributed by atoms with E-state index in [9.17, 15) is 14.9 Å². The lowest BCUT2D eigenvalue weighted by Crippen LogP contribution is -2.17. The summed E-state index contributed by atoms with van der Waals surface area (Å²) in [6, 6.07) is 5.42. The number of carbonyl (C=O) groups excluding carboxylic acids is 1. The SMILES string of the molecule is CC1CCc2onc(C(=O)O/N=C(\N)c3ccc([N+](=O)[O-])cc3)c2C1. The maximum atomic E-state index is 12.2. The molecule has 0 radical (unpaired) electrons. The van der Waals surface area contributed by atoms with Gasteiger partial charge in [0.1, 0.15) is 5.76 Å². The molecule has 2 N–H and O–H groups in total. The minimum Gasteiger partial charge on any atom is -0.380 e. The molecule has 0 saturated heterocycles. The number of nitrogens with two attached hydrogens (primary N) is 1. The zero-order valence-corrected chi connectivity index (χ0v) is 13.5. The van der Waals surface area contributed by atoms with E-state index in [-0.39, 0.29) is 17.2 Å². The van der Waals surface area contributed by atoms with Gasteiger partial charge in [0.05, 0.1) is 4.92 Å². The van der Waals surface area contributed by atoms with Crippen LogP contribution in [-0.4, -0.2) is 21.9 Å². The molecule has 0 aliphatic heterocycles. The van der Waals surface area contributed by atoms with E-state index in [1.807, 2.05) is 0 Å². The first-order chi connectivity index (χ1) is 12.0. The zero-order chi connectivity index (χ0) is 18.0. The molecule has 1 aromatic carbocycles. The van der Waals surface area contributed by atoms with Crippen LogP contribution in [0.5, 0.6) is 0 Å². The average molecular weight is 344 g/mol. The normalized spacial score (nSPS) is 17.0. The van der Waals surface area contributed by atoms with Gasteiger partial charge in [-0.25, -0.2) is 4.79 Å². The number of nitro groups is 1. The molecule has 130 valence electrons. The second kappa shape index (κ2) is 6.71. The predicted octanol–water partition coefficient (Wildman–Crippen LogP) is 2.18. The highest BCUT2D eigenvalue weighted by Crippen LogP contribution is 2.28.